The molecule has 2 atom stereocenters. The van der Waals surface area contributed by atoms with Crippen LogP contribution in [0.25, 0.3) is 0 Å². The third-order valence-corrected chi connectivity index (χ3v) is 7.61. The number of pyridine rings is 1. The second kappa shape index (κ2) is 6.67. The Morgan fingerprint density at radius 1 is 1.12 bits per heavy atom. The lowest BCUT2D eigenvalue weighted by Crippen LogP contribution is -2.49. The van der Waals surface area contributed by atoms with E-state index in [9.17, 15) is 8.42 Å². The topological polar surface area (TPSA) is 59.5 Å². The summed E-state index contributed by atoms with van der Waals surface area (Å²) in [6, 6.07) is 9.42. The Balaban J connectivity index is 1.57. The molecule has 0 aliphatic carbocycles. The highest BCUT2D eigenvalue weighted by atomic mass is 32.2. The standard InChI is InChI=1S/C20H24N2O3S/c1-14-5-6-15(2)20(10-14)26(23,24)22-16-7-8-17(22)12-19(11-16)25-18-4-3-9-21-13-18/h3-6,9-10,13,16-17,19H,7-8,11-12H2,1-2H3. The van der Waals surface area contributed by atoms with E-state index in [0.717, 1.165) is 42.6 Å². The van der Waals surface area contributed by atoms with Crippen LogP contribution >= 0.6 is 0 Å². The molecular formula is C20H24N2O3S. The molecule has 2 aliphatic heterocycles. The van der Waals surface area contributed by atoms with Crippen LogP contribution in [-0.4, -0.2) is 35.9 Å². The summed E-state index contributed by atoms with van der Waals surface area (Å²) in [5.74, 6) is 0.753. The molecule has 0 radical (unpaired) electrons. The number of aryl methyl sites for hydroxylation is 2. The lowest BCUT2D eigenvalue weighted by molar-refractivity contribution is 0.0953. The highest BCUT2D eigenvalue weighted by molar-refractivity contribution is 7.89. The summed E-state index contributed by atoms with van der Waals surface area (Å²) in [5, 5.41) is 0. The van der Waals surface area contributed by atoms with Gasteiger partial charge in [-0.15, -0.1) is 0 Å². The number of fused-ring (bicyclic) bond motifs is 2. The first-order valence-electron chi connectivity index (χ1n) is 9.12. The van der Waals surface area contributed by atoms with Gasteiger partial charge in [-0.05, 0) is 56.0 Å². The van der Waals surface area contributed by atoms with Crippen molar-refractivity contribution >= 4 is 10.0 Å². The smallest absolute Gasteiger partial charge is 0.243 e. The number of ether oxygens (including phenoxy) is 1. The van der Waals surface area contributed by atoms with Crippen molar-refractivity contribution < 1.29 is 13.2 Å². The molecule has 5 nitrogen and oxygen atoms in total. The van der Waals surface area contributed by atoms with E-state index < -0.39 is 10.0 Å². The largest absolute Gasteiger partial charge is 0.489 e. The highest BCUT2D eigenvalue weighted by Crippen LogP contribution is 2.41. The van der Waals surface area contributed by atoms with E-state index in [2.05, 4.69) is 4.98 Å². The molecule has 0 spiro atoms. The summed E-state index contributed by atoms with van der Waals surface area (Å²) in [6.45, 7) is 3.80. The molecule has 2 bridgehead atoms. The van der Waals surface area contributed by atoms with E-state index in [1.807, 2.05) is 38.1 Å². The summed E-state index contributed by atoms with van der Waals surface area (Å²) in [7, 11) is -3.48. The first-order valence-corrected chi connectivity index (χ1v) is 10.6. The molecule has 0 saturated carbocycles. The van der Waals surface area contributed by atoms with Gasteiger partial charge in [0.25, 0.3) is 0 Å². The number of aromatic nitrogens is 1. The van der Waals surface area contributed by atoms with E-state index in [-0.39, 0.29) is 18.2 Å². The predicted molar refractivity (Wildman–Crippen MR) is 99.6 cm³/mol. The Labute approximate surface area is 155 Å². The minimum absolute atomic E-state index is 0.0142. The normalized spacial score (nSPS) is 26.0. The molecule has 1 aromatic carbocycles. The van der Waals surface area contributed by atoms with Crippen LogP contribution in [0.4, 0.5) is 0 Å². The molecule has 0 amide bonds. The van der Waals surface area contributed by atoms with Gasteiger partial charge in [-0.25, -0.2) is 8.42 Å². The van der Waals surface area contributed by atoms with Gasteiger partial charge in [-0.1, -0.05) is 12.1 Å². The van der Waals surface area contributed by atoms with Crippen molar-refractivity contribution in [3.8, 4) is 5.75 Å². The minimum atomic E-state index is -3.48. The van der Waals surface area contributed by atoms with Gasteiger partial charge in [-0.3, -0.25) is 4.98 Å². The summed E-state index contributed by atoms with van der Waals surface area (Å²) < 4.78 is 34.5. The fraction of sp³-hybridized carbons (Fsp3) is 0.450. The third kappa shape index (κ3) is 3.12. The zero-order chi connectivity index (χ0) is 18.3. The van der Waals surface area contributed by atoms with Gasteiger partial charge in [0.2, 0.25) is 10.0 Å². The van der Waals surface area contributed by atoms with E-state index in [1.54, 1.807) is 22.8 Å². The number of sulfonamides is 1. The quantitative estimate of drug-likeness (QED) is 0.825. The number of nitrogens with zero attached hydrogens (tertiary/aromatic N) is 2. The van der Waals surface area contributed by atoms with Crippen LogP contribution in [0, 0.1) is 13.8 Å². The third-order valence-electron chi connectivity index (χ3n) is 5.46. The van der Waals surface area contributed by atoms with Crippen LogP contribution in [0.15, 0.2) is 47.6 Å². The molecule has 3 heterocycles. The van der Waals surface area contributed by atoms with E-state index >= 15 is 0 Å². The number of hydrogen-bond acceptors (Lipinski definition) is 4. The summed E-state index contributed by atoms with van der Waals surface area (Å²) in [5.41, 5.74) is 1.78. The first kappa shape index (κ1) is 17.5. The molecule has 0 N–H and O–H groups in total. The zero-order valence-corrected chi connectivity index (χ0v) is 15.9. The van der Waals surface area contributed by atoms with Gasteiger partial charge in [0.15, 0.2) is 0 Å². The number of rotatable bonds is 4. The SMILES string of the molecule is Cc1ccc(C)c(S(=O)(=O)N2C3CCC2CC(Oc2cccnc2)C3)c1. The molecule has 26 heavy (non-hydrogen) atoms. The Bertz CT molecular complexity index is 885. The molecule has 2 aromatic rings. The highest BCUT2D eigenvalue weighted by Gasteiger charge is 2.48. The summed E-state index contributed by atoms with van der Waals surface area (Å²) in [4.78, 5) is 4.53. The van der Waals surface area contributed by atoms with Crippen molar-refractivity contribution in [1.29, 1.82) is 0 Å². The Morgan fingerprint density at radius 2 is 1.85 bits per heavy atom. The van der Waals surface area contributed by atoms with Crippen molar-refractivity contribution in [2.75, 3.05) is 0 Å². The molecule has 2 aliphatic rings. The van der Waals surface area contributed by atoms with Crippen molar-refractivity contribution in [2.45, 2.75) is 62.6 Å². The fourth-order valence-electron chi connectivity index (χ4n) is 4.28. The van der Waals surface area contributed by atoms with Crippen molar-refractivity contribution in [3.05, 3.63) is 53.9 Å². The molecule has 2 unspecified atom stereocenters. The van der Waals surface area contributed by atoms with Gasteiger partial charge in [-0.2, -0.15) is 4.31 Å². The fourth-order valence-corrected chi connectivity index (χ4v) is 6.49. The minimum Gasteiger partial charge on any atom is -0.489 e. The molecule has 2 saturated heterocycles. The Morgan fingerprint density at radius 3 is 2.50 bits per heavy atom. The zero-order valence-electron chi connectivity index (χ0n) is 15.1. The van der Waals surface area contributed by atoms with Crippen LogP contribution in [0.1, 0.15) is 36.8 Å². The second-order valence-electron chi connectivity index (χ2n) is 7.39. The van der Waals surface area contributed by atoms with Crippen LogP contribution in [0.3, 0.4) is 0 Å². The molecule has 4 rings (SSSR count). The molecule has 1 aromatic heterocycles. The molecule has 6 heteroatoms. The lowest BCUT2D eigenvalue weighted by Gasteiger charge is -2.38. The monoisotopic (exact) mass is 372 g/mol. The van der Waals surface area contributed by atoms with E-state index in [1.165, 1.54) is 0 Å². The van der Waals surface area contributed by atoms with Crippen LogP contribution < -0.4 is 4.74 Å². The van der Waals surface area contributed by atoms with Gasteiger partial charge < -0.3 is 4.74 Å². The van der Waals surface area contributed by atoms with Crippen LogP contribution in [0.5, 0.6) is 5.75 Å². The van der Waals surface area contributed by atoms with Crippen molar-refractivity contribution in [2.24, 2.45) is 0 Å². The maximum absolute atomic E-state index is 13.4. The maximum Gasteiger partial charge on any atom is 0.243 e. The Hall–Kier alpha value is -1.92. The average molecular weight is 372 g/mol. The number of hydrogen-bond donors (Lipinski definition) is 0. The number of benzene rings is 1. The second-order valence-corrected chi connectivity index (χ2v) is 9.20. The Kier molecular flexibility index (Phi) is 4.49. The molecule has 138 valence electrons. The van der Waals surface area contributed by atoms with Crippen LogP contribution in [0.2, 0.25) is 0 Å². The molecular weight excluding hydrogens is 348 g/mol. The predicted octanol–water partition coefficient (Wildman–Crippen LogP) is 3.46. The molecule has 2 fully saturated rings. The van der Waals surface area contributed by atoms with Gasteiger partial charge in [0.1, 0.15) is 11.9 Å². The summed E-state index contributed by atoms with van der Waals surface area (Å²) >= 11 is 0. The van der Waals surface area contributed by atoms with Gasteiger partial charge >= 0.3 is 0 Å². The average Bonchev–Trinajstić information content (AvgIpc) is 2.90. The number of piperidine rings is 1. The summed E-state index contributed by atoms with van der Waals surface area (Å²) in [6.07, 6.45) is 6.74. The van der Waals surface area contributed by atoms with Gasteiger partial charge in [0, 0.05) is 31.1 Å². The van der Waals surface area contributed by atoms with Gasteiger partial charge in [0.05, 0.1) is 11.1 Å². The van der Waals surface area contributed by atoms with Crippen LogP contribution in [-0.2, 0) is 10.0 Å². The van der Waals surface area contributed by atoms with Crippen molar-refractivity contribution in [1.82, 2.24) is 9.29 Å². The lowest BCUT2D eigenvalue weighted by atomic mass is 10.0. The van der Waals surface area contributed by atoms with Crippen molar-refractivity contribution in [3.63, 3.8) is 0 Å². The van der Waals surface area contributed by atoms with E-state index in [0.29, 0.717) is 4.90 Å². The maximum atomic E-state index is 13.4. The van der Waals surface area contributed by atoms with E-state index in [4.69, 9.17) is 4.74 Å². The first-order chi connectivity index (χ1) is 12.4.